The van der Waals surface area contributed by atoms with E-state index in [4.69, 9.17) is 0 Å². The lowest BCUT2D eigenvalue weighted by molar-refractivity contribution is 1.29. The maximum Gasteiger partial charge on any atom is 0.0554 e. The van der Waals surface area contributed by atoms with E-state index in [0.29, 0.717) is 0 Å². The Morgan fingerprint density at radius 2 is 1.06 bits per heavy atom. The molecular formula is C51H37NS. The van der Waals surface area contributed by atoms with Crippen molar-refractivity contribution in [2.24, 2.45) is 0 Å². The van der Waals surface area contributed by atoms with Crippen LogP contribution in [-0.4, -0.2) is 0 Å². The second-order valence-electron chi connectivity index (χ2n) is 13.3. The van der Waals surface area contributed by atoms with Crippen molar-refractivity contribution < 1.29 is 0 Å². The van der Waals surface area contributed by atoms with Crippen LogP contribution in [0.5, 0.6) is 0 Å². The molecule has 2 heteroatoms. The SMILES string of the molecule is C(=C(\Cc1ccc2sc3cccc(N(c4ccccc4)c4ccccc4)c3c2c1)c1ccc(-c2ccccc2)cc1)/c1ccccc1-c1ccccc1. The number of para-hydroxylation sites is 2. The lowest BCUT2D eigenvalue weighted by Gasteiger charge is -2.26. The molecule has 252 valence electrons. The first-order valence-electron chi connectivity index (χ1n) is 18.1. The van der Waals surface area contributed by atoms with E-state index in [1.165, 1.54) is 70.4 Å². The topological polar surface area (TPSA) is 3.24 Å². The number of nitrogens with zero attached hydrogens (tertiary/aromatic N) is 1. The van der Waals surface area contributed by atoms with E-state index in [1.807, 2.05) is 11.3 Å². The number of hydrogen-bond donors (Lipinski definition) is 0. The molecule has 0 saturated carbocycles. The molecule has 0 N–H and O–H groups in total. The highest BCUT2D eigenvalue weighted by Gasteiger charge is 2.19. The molecule has 9 rings (SSSR count). The van der Waals surface area contributed by atoms with Gasteiger partial charge in [-0.3, -0.25) is 0 Å². The summed E-state index contributed by atoms with van der Waals surface area (Å²) in [6, 6.07) is 74.3. The van der Waals surface area contributed by atoms with Crippen molar-refractivity contribution in [2.75, 3.05) is 4.90 Å². The van der Waals surface area contributed by atoms with Gasteiger partial charge in [0.15, 0.2) is 0 Å². The van der Waals surface area contributed by atoms with Crippen LogP contribution in [0.1, 0.15) is 16.7 Å². The summed E-state index contributed by atoms with van der Waals surface area (Å²) in [6.45, 7) is 0. The number of hydrogen-bond acceptors (Lipinski definition) is 2. The van der Waals surface area contributed by atoms with Gasteiger partial charge in [0.05, 0.1) is 5.69 Å². The minimum Gasteiger partial charge on any atom is -0.310 e. The zero-order valence-corrected chi connectivity index (χ0v) is 30.1. The number of rotatable bonds is 9. The molecule has 9 aromatic rings. The van der Waals surface area contributed by atoms with Gasteiger partial charge in [-0.25, -0.2) is 0 Å². The molecule has 0 radical (unpaired) electrons. The Morgan fingerprint density at radius 1 is 0.472 bits per heavy atom. The van der Waals surface area contributed by atoms with E-state index in [9.17, 15) is 0 Å². The molecule has 0 atom stereocenters. The van der Waals surface area contributed by atoms with Crippen molar-refractivity contribution >= 4 is 60.2 Å². The Balaban J connectivity index is 1.18. The molecule has 0 aliphatic carbocycles. The average molecular weight is 696 g/mol. The fraction of sp³-hybridized carbons (Fsp3) is 0.0196. The molecule has 8 aromatic carbocycles. The summed E-state index contributed by atoms with van der Waals surface area (Å²) in [6.07, 6.45) is 3.19. The van der Waals surface area contributed by atoms with E-state index < -0.39 is 0 Å². The van der Waals surface area contributed by atoms with Crippen LogP contribution in [0.15, 0.2) is 206 Å². The summed E-state index contributed by atoms with van der Waals surface area (Å²) in [5.41, 5.74) is 13.4. The van der Waals surface area contributed by atoms with Crippen molar-refractivity contribution in [3.63, 3.8) is 0 Å². The molecule has 0 fully saturated rings. The Morgan fingerprint density at radius 3 is 1.74 bits per heavy atom. The fourth-order valence-electron chi connectivity index (χ4n) is 7.39. The maximum atomic E-state index is 2.43. The van der Waals surface area contributed by atoms with Gasteiger partial charge in [-0.1, -0.05) is 164 Å². The van der Waals surface area contributed by atoms with E-state index in [0.717, 1.165) is 17.8 Å². The standard InChI is InChI=1S/C51H37NS/c1-5-16-38(17-6-1)39-29-31-40(32-30-39)43(36-42-20-13-14-25-46(42)41-18-7-2-8-19-41)34-37-28-33-49-47(35-37)51-48(26-15-27-50(51)53-49)52(44-21-9-3-10-22-44)45-23-11-4-12-24-45/h1-33,35-36H,34H2/b43-36-. The minimum atomic E-state index is 0.796. The summed E-state index contributed by atoms with van der Waals surface area (Å²) in [5.74, 6) is 0. The molecule has 0 unspecified atom stereocenters. The first-order chi connectivity index (χ1) is 26.3. The smallest absolute Gasteiger partial charge is 0.0554 e. The fourth-order valence-corrected chi connectivity index (χ4v) is 8.49. The number of allylic oxidation sites excluding steroid dienone is 1. The lowest BCUT2D eigenvalue weighted by atomic mass is 9.91. The van der Waals surface area contributed by atoms with Gasteiger partial charge in [-0.2, -0.15) is 0 Å². The Labute approximate surface area is 315 Å². The van der Waals surface area contributed by atoms with E-state index in [1.54, 1.807) is 0 Å². The quantitative estimate of drug-likeness (QED) is 0.136. The Kier molecular flexibility index (Phi) is 8.95. The molecule has 0 spiro atoms. The van der Waals surface area contributed by atoms with Crippen LogP contribution in [0, 0.1) is 0 Å². The monoisotopic (exact) mass is 695 g/mol. The molecule has 0 aliphatic heterocycles. The predicted octanol–water partition coefficient (Wildman–Crippen LogP) is 14.6. The summed E-state index contributed by atoms with van der Waals surface area (Å²) >= 11 is 1.87. The highest BCUT2D eigenvalue weighted by atomic mass is 32.1. The van der Waals surface area contributed by atoms with Crippen molar-refractivity contribution in [2.45, 2.75) is 6.42 Å². The van der Waals surface area contributed by atoms with Crippen LogP contribution < -0.4 is 4.90 Å². The summed E-state index contributed by atoms with van der Waals surface area (Å²) in [4.78, 5) is 2.39. The molecule has 0 amide bonds. The van der Waals surface area contributed by atoms with Gasteiger partial charge in [0.2, 0.25) is 0 Å². The lowest BCUT2D eigenvalue weighted by Crippen LogP contribution is -2.09. The van der Waals surface area contributed by atoms with E-state index in [2.05, 4.69) is 217 Å². The number of thiophene rings is 1. The zero-order chi connectivity index (χ0) is 35.4. The van der Waals surface area contributed by atoms with Gasteiger partial charge in [0, 0.05) is 31.5 Å². The van der Waals surface area contributed by atoms with Crippen molar-refractivity contribution in [1.82, 2.24) is 0 Å². The van der Waals surface area contributed by atoms with Gasteiger partial charge in [-0.15, -0.1) is 11.3 Å². The summed E-state index contributed by atoms with van der Waals surface area (Å²) < 4.78 is 2.58. The third kappa shape index (κ3) is 6.69. The van der Waals surface area contributed by atoms with Gasteiger partial charge < -0.3 is 4.90 Å². The number of anilines is 3. The van der Waals surface area contributed by atoms with Gasteiger partial charge in [-0.05, 0) is 99.5 Å². The predicted molar refractivity (Wildman–Crippen MR) is 229 cm³/mol. The van der Waals surface area contributed by atoms with Gasteiger partial charge in [0.25, 0.3) is 0 Å². The molecule has 53 heavy (non-hydrogen) atoms. The molecule has 0 bridgehead atoms. The first-order valence-corrected chi connectivity index (χ1v) is 19.0. The van der Waals surface area contributed by atoms with Crippen LogP contribution in [0.25, 0.3) is 54.1 Å². The number of fused-ring (bicyclic) bond motifs is 3. The molecule has 1 aromatic heterocycles. The summed E-state index contributed by atoms with van der Waals surface area (Å²) in [5, 5.41) is 2.58. The highest BCUT2D eigenvalue weighted by molar-refractivity contribution is 7.26. The van der Waals surface area contributed by atoms with Crippen molar-refractivity contribution in [3.05, 3.63) is 223 Å². The second-order valence-corrected chi connectivity index (χ2v) is 14.4. The van der Waals surface area contributed by atoms with Crippen LogP contribution in [0.4, 0.5) is 17.1 Å². The van der Waals surface area contributed by atoms with Gasteiger partial charge in [0.1, 0.15) is 0 Å². The van der Waals surface area contributed by atoms with Crippen LogP contribution in [0.2, 0.25) is 0 Å². The highest BCUT2D eigenvalue weighted by Crippen LogP contribution is 2.45. The first kappa shape index (κ1) is 32.4. The minimum absolute atomic E-state index is 0.796. The average Bonchev–Trinajstić information content (AvgIpc) is 3.61. The van der Waals surface area contributed by atoms with E-state index in [-0.39, 0.29) is 0 Å². The third-order valence-electron chi connectivity index (χ3n) is 9.94. The third-order valence-corrected chi connectivity index (χ3v) is 11.1. The zero-order valence-electron chi connectivity index (χ0n) is 29.3. The largest absolute Gasteiger partial charge is 0.310 e. The van der Waals surface area contributed by atoms with Crippen LogP contribution in [0.3, 0.4) is 0 Å². The van der Waals surface area contributed by atoms with Crippen LogP contribution >= 0.6 is 11.3 Å². The molecule has 0 saturated heterocycles. The van der Waals surface area contributed by atoms with E-state index >= 15 is 0 Å². The number of benzene rings is 8. The molecule has 0 aliphatic rings. The second kappa shape index (κ2) is 14.6. The maximum absolute atomic E-state index is 2.43. The van der Waals surface area contributed by atoms with Crippen LogP contribution in [-0.2, 0) is 6.42 Å². The summed E-state index contributed by atoms with van der Waals surface area (Å²) in [7, 11) is 0. The Hall–Kier alpha value is -6.48. The Bertz CT molecular complexity index is 2620. The van der Waals surface area contributed by atoms with Crippen molar-refractivity contribution in [3.8, 4) is 22.3 Å². The molecular weight excluding hydrogens is 659 g/mol. The molecule has 1 heterocycles. The molecule has 1 nitrogen and oxygen atoms in total. The normalized spacial score (nSPS) is 11.6. The van der Waals surface area contributed by atoms with Gasteiger partial charge >= 0.3 is 0 Å². The van der Waals surface area contributed by atoms with Crippen molar-refractivity contribution in [1.29, 1.82) is 0 Å².